The van der Waals surface area contributed by atoms with Crippen LogP contribution in [0.25, 0.3) is 0 Å². The van der Waals surface area contributed by atoms with Crippen LogP contribution in [0.5, 0.6) is 0 Å². The van der Waals surface area contributed by atoms with Crippen LogP contribution in [0.2, 0.25) is 5.02 Å². The molecule has 0 radical (unpaired) electrons. The van der Waals surface area contributed by atoms with E-state index in [1.807, 2.05) is 6.07 Å². The van der Waals surface area contributed by atoms with E-state index in [0.29, 0.717) is 5.02 Å². The molecule has 1 aliphatic rings. The number of amides is 2. The molecule has 5 nitrogen and oxygen atoms in total. The standard InChI is InChI=1S/C16H20ClN3O2/c17-14-8-4-5-12(9-14)10-19-20-15(21)11-18-16(22)13-6-2-1-3-7-13/h4-5,8-10,13H,1-3,6-7,11H2,(H,18,22)(H,20,21). The zero-order valence-corrected chi connectivity index (χ0v) is 13.1. The number of carbonyl (C=O) groups is 2. The van der Waals surface area contributed by atoms with Gasteiger partial charge in [0.15, 0.2) is 0 Å². The van der Waals surface area contributed by atoms with Crippen LogP contribution in [0.1, 0.15) is 37.7 Å². The highest BCUT2D eigenvalue weighted by atomic mass is 35.5. The van der Waals surface area contributed by atoms with Crippen molar-refractivity contribution in [1.29, 1.82) is 0 Å². The van der Waals surface area contributed by atoms with Crippen molar-refractivity contribution in [3.05, 3.63) is 34.9 Å². The van der Waals surface area contributed by atoms with Gasteiger partial charge in [0, 0.05) is 10.9 Å². The SMILES string of the molecule is O=C(CNC(=O)C1CCCCC1)NN=Cc1cccc(Cl)c1. The first kappa shape index (κ1) is 16.5. The predicted octanol–water partition coefficient (Wildman–Crippen LogP) is 2.49. The third-order valence-electron chi connectivity index (χ3n) is 3.65. The highest BCUT2D eigenvalue weighted by Gasteiger charge is 2.21. The second kappa shape index (κ2) is 8.54. The van der Waals surface area contributed by atoms with Gasteiger partial charge in [0.25, 0.3) is 5.91 Å². The summed E-state index contributed by atoms with van der Waals surface area (Å²) in [5, 5.41) is 7.11. The Balaban J connectivity index is 1.70. The molecule has 0 unspecified atom stereocenters. The molecule has 2 rings (SSSR count). The first-order chi connectivity index (χ1) is 10.6. The fraction of sp³-hybridized carbons (Fsp3) is 0.438. The summed E-state index contributed by atoms with van der Waals surface area (Å²) in [5.41, 5.74) is 3.17. The van der Waals surface area contributed by atoms with Crippen LogP contribution < -0.4 is 10.7 Å². The van der Waals surface area contributed by atoms with Crippen molar-refractivity contribution in [2.24, 2.45) is 11.0 Å². The van der Waals surface area contributed by atoms with Crippen LogP contribution in [-0.2, 0) is 9.59 Å². The fourth-order valence-electron chi connectivity index (χ4n) is 2.48. The van der Waals surface area contributed by atoms with E-state index in [-0.39, 0.29) is 24.3 Å². The summed E-state index contributed by atoms with van der Waals surface area (Å²) in [6.07, 6.45) is 6.72. The number of halogens is 1. The minimum atomic E-state index is -0.345. The number of hydrazone groups is 1. The number of nitrogens with one attached hydrogen (secondary N) is 2. The lowest BCUT2D eigenvalue weighted by Crippen LogP contribution is -2.38. The van der Waals surface area contributed by atoms with Crippen LogP contribution >= 0.6 is 11.6 Å². The molecule has 1 aromatic rings. The largest absolute Gasteiger partial charge is 0.347 e. The molecule has 0 bridgehead atoms. The molecule has 118 valence electrons. The van der Waals surface area contributed by atoms with Crippen molar-refractivity contribution in [2.45, 2.75) is 32.1 Å². The topological polar surface area (TPSA) is 70.6 Å². The minimum absolute atomic E-state index is 0.0336. The lowest BCUT2D eigenvalue weighted by molar-refractivity contribution is -0.129. The molecule has 22 heavy (non-hydrogen) atoms. The molecule has 1 aliphatic carbocycles. The van der Waals surface area contributed by atoms with Gasteiger partial charge in [0.1, 0.15) is 0 Å². The van der Waals surface area contributed by atoms with E-state index in [1.165, 1.54) is 12.6 Å². The lowest BCUT2D eigenvalue weighted by Gasteiger charge is -2.20. The Morgan fingerprint density at radius 3 is 2.77 bits per heavy atom. The van der Waals surface area contributed by atoms with Crippen LogP contribution in [0.15, 0.2) is 29.4 Å². The Labute approximate surface area is 135 Å². The molecule has 2 N–H and O–H groups in total. The van der Waals surface area contributed by atoms with E-state index in [1.54, 1.807) is 18.2 Å². The van der Waals surface area contributed by atoms with E-state index in [2.05, 4.69) is 15.8 Å². The maximum atomic E-state index is 11.9. The first-order valence-corrected chi connectivity index (χ1v) is 7.88. The van der Waals surface area contributed by atoms with E-state index >= 15 is 0 Å². The zero-order chi connectivity index (χ0) is 15.8. The maximum Gasteiger partial charge on any atom is 0.259 e. The van der Waals surface area contributed by atoms with E-state index in [0.717, 1.165) is 31.2 Å². The number of rotatable bonds is 5. The quantitative estimate of drug-likeness (QED) is 0.646. The molecule has 6 heteroatoms. The highest BCUT2D eigenvalue weighted by molar-refractivity contribution is 6.30. The monoisotopic (exact) mass is 321 g/mol. The molecule has 0 atom stereocenters. The third-order valence-corrected chi connectivity index (χ3v) is 3.89. The van der Waals surface area contributed by atoms with Crippen LogP contribution in [-0.4, -0.2) is 24.6 Å². The molecule has 1 saturated carbocycles. The van der Waals surface area contributed by atoms with Gasteiger partial charge < -0.3 is 5.32 Å². The molecular formula is C16H20ClN3O2. The van der Waals surface area contributed by atoms with Crippen molar-refractivity contribution < 1.29 is 9.59 Å². The Hall–Kier alpha value is -1.88. The van der Waals surface area contributed by atoms with Gasteiger partial charge in [0.05, 0.1) is 12.8 Å². The van der Waals surface area contributed by atoms with Crippen molar-refractivity contribution in [2.75, 3.05) is 6.54 Å². The van der Waals surface area contributed by atoms with Crippen molar-refractivity contribution in [1.82, 2.24) is 10.7 Å². The van der Waals surface area contributed by atoms with Crippen LogP contribution in [0.3, 0.4) is 0 Å². The minimum Gasteiger partial charge on any atom is -0.347 e. The van der Waals surface area contributed by atoms with Gasteiger partial charge in [-0.05, 0) is 30.5 Å². The van der Waals surface area contributed by atoms with Gasteiger partial charge in [-0.3, -0.25) is 9.59 Å². The first-order valence-electron chi connectivity index (χ1n) is 7.50. The molecule has 0 aromatic heterocycles. The normalized spacial score (nSPS) is 15.7. The Kier molecular flexibility index (Phi) is 6.40. The number of hydrogen-bond donors (Lipinski definition) is 2. The maximum absolute atomic E-state index is 11.9. The summed E-state index contributed by atoms with van der Waals surface area (Å²) in [5.74, 6) is -0.326. The number of hydrogen-bond acceptors (Lipinski definition) is 3. The predicted molar refractivity (Wildman–Crippen MR) is 86.8 cm³/mol. The van der Waals surface area contributed by atoms with Gasteiger partial charge in [0.2, 0.25) is 5.91 Å². The number of benzene rings is 1. The number of carbonyl (C=O) groups excluding carboxylic acids is 2. The molecule has 2 amide bonds. The van der Waals surface area contributed by atoms with Gasteiger partial charge >= 0.3 is 0 Å². The van der Waals surface area contributed by atoms with E-state index in [4.69, 9.17) is 11.6 Å². The molecule has 1 aromatic carbocycles. The van der Waals surface area contributed by atoms with Gasteiger partial charge in [-0.25, -0.2) is 5.43 Å². The third kappa shape index (κ3) is 5.48. The molecule has 0 saturated heterocycles. The highest BCUT2D eigenvalue weighted by Crippen LogP contribution is 2.23. The summed E-state index contributed by atoms with van der Waals surface area (Å²) in [4.78, 5) is 23.5. The summed E-state index contributed by atoms with van der Waals surface area (Å²) >= 11 is 5.85. The van der Waals surface area contributed by atoms with E-state index < -0.39 is 0 Å². The summed E-state index contributed by atoms with van der Waals surface area (Å²) in [6, 6.07) is 7.13. The zero-order valence-electron chi connectivity index (χ0n) is 12.3. The summed E-state index contributed by atoms with van der Waals surface area (Å²) in [7, 11) is 0. The smallest absolute Gasteiger partial charge is 0.259 e. The Morgan fingerprint density at radius 2 is 2.05 bits per heavy atom. The summed E-state index contributed by atoms with van der Waals surface area (Å²) in [6.45, 7) is -0.0534. The fourth-order valence-corrected chi connectivity index (χ4v) is 2.68. The summed E-state index contributed by atoms with van der Waals surface area (Å²) < 4.78 is 0. The van der Waals surface area contributed by atoms with Crippen molar-refractivity contribution >= 4 is 29.6 Å². The Morgan fingerprint density at radius 1 is 1.27 bits per heavy atom. The average Bonchev–Trinajstić information content (AvgIpc) is 2.53. The molecular weight excluding hydrogens is 302 g/mol. The van der Waals surface area contributed by atoms with Crippen molar-refractivity contribution in [3.8, 4) is 0 Å². The van der Waals surface area contributed by atoms with Gasteiger partial charge in [-0.2, -0.15) is 5.10 Å². The Bertz CT molecular complexity index is 554. The van der Waals surface area contributed by atoms with Crippen LogP contribution in [0, 0.1) is 5.92 Å². The molecule has 0 aliphatic heterocycles. The lowest BCUT2D eigenvalue weighted by atomic mass is 9.89. The molecule has 1 fully saturated rings. The van der Waals surface area contributed by atoms with Gasteiger partial charge in [-0.15, -0.1) is 0 Å². The average molecular weight is 322 g/mol. The molecule has 0 spiro atoms. The second-order valence-electron chi connectivity index (χ2n) is 5.40. The second-order valence-corrected chi connectivity index (χ2v) is 5.84. The van der Waals surface area contributed by atoms with E-state index in [9.17, 15) is 9.59 Å². The van der Waals surface area contributed by atoms with Crippen molar-refractivity contribution in [3.63, 3.8) is 0 Å². The number of nitrogens with zero attached hydrogens (tertiary/aromatic N) is 1. The van der Waals surface area contributed by atoms with Crippen LogP contribution in [0.4, 0.5) is 0 Å². The van der Waals surface area contributed by atoms with Gasteiger partial charge in [-0.1, -0.05) is 43.0 Å². The molecule has 0 heterocycles.